The van der Waals surface area contributed by atoms with E-state index in [-0.39, 0.29) is 5.82 Å². The molecule has 1 fully saturated rings. The van der Waals surface area contributed by atoms with Crippen molar-refractivity contribution in [2.75, 3.05) is 0 Å². The van der Waals surface area contributed by atoms with Gasteiger partial charge in [-0.2, -0.15) is 0 Å². The lowest BCUT2D eigenvalue weighted by Gasteiger charge is -2.11. The zero-order valence-corrected chi connectivity index (χ0v) is 12.7. The van der Waals surface area contributed by atoms with E-state index in [0.29, 0.717) is 20.6 Å². The molecule has 1 aliphatic carbocycles. The van der Waals surface area contributed by atoms with E-state index >= 15 is 0 Å². The Hall–Kier alpha value is -1.07. The quantitative estimate of drug-likeness (QED) is 0.789. The van der Waals surface area contributed by atoms with Gasteiger partial charge in [-0.05, 0) is 47.8 Å². The van der Waals surface area contributed by atoms with Crippen LogP contribution in [0.4, 0.5) is 4.39 Å². The van der Waals surface area contributed by atoms with Crippen molar-refractivity contribution in [3.63, 3.8) is 0 Å². The summed E-state index contributed by atoms with van der Waals surface area (Å²) in [6.45, 7) is 1.87. The fourth-order valence-corrected chi connectivity index (χ4v) is 2.63. The first-order valence-electron chi connectivity index (χ1n) is 6.13. The molecule has 5 heteroatoms. The molecule has 0 radical (unpaired) electrons. The predicted octanol–water partition coefficient (Wildman–Crippen LogP) is 4.89. The Morgan fingerprint density at radius 1 is 1.42 bits per heavy atom. The Morgan fingerprint density at radius 2 is 2.16 bits per heavy atom. The third-order valence-electron chi connectivity index (χ3n) is 3.36. The number of hydrogen-bond donors (Lipinski definition) is 1. The number of nitrogens with one attached hydrogen (secondary N) is 1. The van der Waals surface area contributed by atoms with E-state index in [9.17, 15) is 4.39 Å². The van der Waals surface area contributed by atoms with Gasteiger partial charge in [-0.3, -0.25) is 0 Å². The van der Waals surface area contributed by atoms with E-state index in [4.69, 9.17) is 12.2 Å². The minimum absolute atomic E-state index is 0.274. The molecule has 0 bridgehead atoms. The molecule has 0 spiro atoms. The lowest BCUT2D eigenvalue weighted by molar-refractivity contribution is 0.623. The summed E-state index contributed by atoms with van der Waals surface area (Å²) in [6, 6.07) is 5.26. The third kappa shape index (κ3) is 2.37. The molecule has 3 rings (SSSR count). The maximum Gasteiger partial charge on any atom is 0.146 e. The maximum absolute atomic E-state index is 14.2. The van der Waals surface area contributed by atoms with Crippen LogP contribution in [0.15, 0.2) is 22.7 Å². The Balaban J connectivity index is 2.23. The number of aromatic amines is 1. The fourth-order valence-electron chi connectivity index (χ4n) is 2.07. The standard InChI is InChI=1S/C14H12BrFN2S/c1-7-12(9-3-2-4-10(15)11(9)16)17-13(8-5-6-8)18-14(7)19/h2-4,8H,5-6H2,1H3,(H,17,18,19). The summed E-state index contributed by atoms with van der Waals surface area (Å²) >= 11 is 8.50. The molecule has 0 saturated heterocycles. The Labute approximate surface area is 124 Å². The number of H-pyrrole nitrogens is 1. The van der Waals surface area contributed by atoms with E-state index in [1.165, 1.54) is 0 Å². The first-order valence-corrected chi connectivity index (χ1v) is 7.33. The highest BCUT2D eigenvalue weighted by molar-refractivity contribution is 9.10. The highest BCUT2D eigenvalue weighted by Crippen LogP contribution is 2.39. The first kappa shape index (κ1) is 12.9. The van der Waals surface area contributed by atoms with Gasteiger partial charge in [-0.25, -0.2) is 9.37 Å². The second kappa shape index (κ2) is 4.80. The van der Waals surface area contributed by atoms with E-state index in [1.807, 2.05) is 13.0 Å². The van der Waals surface area contributed by atoms with Gasteiger partial charge in [0.25, 0.3) is 0 Å². The summed E-state index contributed by atoms with van der Waals surface area (Å²) in [5.74, 6) is 1.06. The smallest absolute Gasteiger partial charge is 0.146 e. The molecule has 1 N–H and O–H groups in total. The topological polar surface area (TPSA) is 28.7 Å². The molecule has 0 amide bonds. The molecular weight excluding hydrogens is 327 g/mol. The number of hydrogen-bond acceptors (Lipinski definition) is 2. The maximum atomic E-state index is 14.2. The van der Waals surface area contributed by atoms with Crippen LogP contribution in [0.25, 0.3) is 11.3 Å². The van der Waals surface area contributed by atoms with Gasteiger partial charge in [0.15, 0.2) is 0 Å². The fraction of sp³-hybridized carbons (Fsp3) is 0.286. The number of halogens is 2. The predicted molar refractivity (Wildman–Crippen MR) is 79.2 cm³/mol. The molecule has 2 nitrogen and oxygen atoms in total. The van der Waals surface area contributed by atoms with Gasteiger partial charge in [-0.15, -0.1) is 0 Å². The minimum Gasteiger partial charge on any atom is -0.343 e. The van der Waals surface area contributed by atoms with Crippen LogP contribution in [0.3, 0.4) is 0 Å². The first-order chi connectivity index (χ1) is 9.08. The Kier molecular flexibility index (Phi) is 3.27. The van der Waals surface area contributed by atoms with Crippen LogP contribution in [-0.4, -0.2) is 9.97 Å². The van der Waals surface area contributed by atoms with Gasteiger partial charge in [0, 0.05) is 17.0 Å². The van der Waals surface area contributed by atoms with Gasteiger partial charge < -0.3 is 4.98 Å². The van der Waals surface area contributed by atoms with Crippen molar-refractivity contribution in [2.45, 2.75) is 25.7 Å². The third-order valence-corrected chi connectivity index (χ3v) is 4.37. The van der Waals surface area contributed by atoms with Crippen LogP contribution in [0.1, 0.15) is 30.1 Å². The molecule has 0 aliphatic heterocycles. The number of benzene rings is 1. The van der Waals surface area contributed by atoms with Gasteiger partial charge in [0.05, 0.1) is 10.2 Å². The van der Waals surface area contributed by atoms with Crippen molar-refractivity contribution in [2.24, 2.45) is 0 Å². The summed E-state index contributed by atoms with van der Waals surface area (Å²) in [5.41, 5.74) is 2.08. The molecule has 1 saturated carbocycles. The summed E-state index contributed by atoms with van der Waals surface area (Å²) in [5, 5.41) is 0. The van der Waals surface area contributed by atoms with Crippen LogP contribution in [-0.2, 0) is 0 Å². The largest absolute Gasteiger partial charge is 0.343 e. The lowest BCUT2D eigenvalue weighted by Crippen LogP contribution is -2.00. The highest BCUT2D eigenvalue weighted by atomic mass is 79.9. The number of nitrogens with zero attached hydrogens (tertiary/aromatic N) is 1. The van der Waals surface area contributed by atoms with Crippen LogP contribution >= 0.6 is 28.1 Å². The van der Waals surface area contributed by atoms with E-state index in [1.54, 1.807) is 12.1 Å². The summed E-state index contributed by atoms with van der Waals surface area (Å²) < 4.78 is 15.2. The van der Waals surface area contributed by atoms with E-state index in [2.05, 4.69) is 25.9 Å². The van der Waals surface area contributed by atoms with Crippen molar-refractivity contribution in [3.8, 4) is 11.3 Å². The Bertz CT molecular complexity index is 707. The second-order valence-corrected chi connectivity index (χ2v) is 6.04. The van der Waals surface area contributed by atoms with Crippen LogP contribution in [0.2, 0.25) is 0 Å². The van der Waals surface area contributed by atoms with Crippen molar-refractivity contribution in [3.05, 3.63) is 44.5 Å². The molecule has 0 unspecified atom stereocenters. The molecule has 1 heterocycles. The van der Waals surface area contributed by atoms with Crippen molar-refractivity contribution in [1.29, 1.82) is 0 Å². The summed E-state index contributed by atoms with van der Waals surface area (Å²) in [6.07, 6.45) is 2.25. The van der Waals surface area contributed by atoms with Crippen LogP contribution in [0, 0.1) is 17.4 Å². The summed E-state index contributed by atoms with van der Waals surface area (Å²) in [4.78, 5) is 7.66. The zero-order valence-electron chi connectivity index (χ0n) is 10.3. The van der Waals surface area contributed by atoms with Crippen molar-refractivity contribution >= 4 is 28.1 Å². The molecule has 1 aromatic heterocycles. The lowest BCUT2D eigenvalue weighted by atomic mass is 10.1. The molecule has 1 aliphatic rings. The molecule has 2 aromatic rings. The molecule has 98 valence electrons. The average molecular weight is 339 g/mol. The van der Waals surface area contributed by atoms with Gasteiger partial charge in [-0.1, -0.05) is 18.3 Å². The molecule has 19 heavy (non-hydrogen) atoms. The van der Waals surface area contributed by atoms with Crippen LogP contribution in [0.5, 0.6) is 0 Å². The molecule has 0 atom stereocenters. The van der Waals surface area contributed by atoms with Gasteiger partial charge >= 0.3 is 0 Å². The number of rotatable bonds is 2. The normalized spacial score (nSPS) is 14.7. The minimum atomic E-state index is -0.274. The monoisotopic (exact) mass is 338 g/mol. The highest BCUT2D eigenvalue weighted by Gasteiger charge is 2.27. The molecule has 1 aromatic carbocycles. The molecular formula is C14H12BrFN2S. The van der Waals surface area contributed by atoms with Crippen LogP contribution < -0.4 is 0 Å². The van der Waals surface area contributed by atoms with Gasteiger partial charge in [0.2, 0.25) is 0 Å². The number of aromatic nitrogens is 2. The zero-order chi connectivity index (χ0) is 13.6. The second-order valence-electron chi connectivity index (χ2n) is 4.80. The summed E-state index contributed by atoms with van der Waals surface area (Å²) in [7, 11) is 0. The Morgan fingerprint density at radius 3 is 2.84 bits per heavy atom. The van der Waals surface area contributed by atoms with E-state index in [0.717, 1.165) is 29.9 Å². The van der Waals surface area contributed by atoms with Crippen molar-refractivity contribution < 1.29 is 4.39 Å². The van der Waals surface area contributed by atoms with Gasteiger partial charge in [0.1, 0.15) is 16.3 Å². The average Bonchev–Trinajstić information content (AvgIpc) is 3.20. The van der Waals surface area contributed by atoms with Crippen molar-refractivity contribution in [1.82, 2.24) is 9.97 Å². The van der Waals surface area contributed by atoms with E-state index < -0.39 is 0 Å². The SMILES string of the molecule is Cc1c(-c2cccc(Br)c2F)[nH]c(C2CC2)nc1=S.